The molecule has 1 atom stereocenters. The Labute approximate surface area is 80.7 Å². The number of nitrogens with two attached hydrogens (primary N) is 1. The van der Waals surface area contributed by atoms with Crippen LogP contribution in [0.3, 0.4) is 0 Å². The molecule has 13 heavy (non-hydrogen) atoms. The van der Waals surface area contributed by atoms with E-state index in [0.29, 0.717) is 6.61 Å². The van der Waals surface area contributed by atoms with Crippen molar-refractivity contribution in [2.75, 3.05) is 6.61 Å². The third kappa shape index (κ3) is 4.77. The number of hydrogen-bond donors (Lipinski definition) is 2. The van der Waals surface area contributed by atoms with Crippen molar-refractivity contribution >= 4 is 7.52 Å². The monoisotopic (exact) mass is 208 g/mol. The van der Waals surface area contributed by atoms with E-state index in [4.69, 9.17) is 10.4 Å². The fraction of sp³-hybridized carbons (Fsp3) is 1.00. The fourth-order valence-corrected chi connectivity index (χ4v) is 1.96. The Morgan fingerprint density at radius 1 is 1.46 bits per heavy atom. The van der Waals surface area contributed by atoms with Crippen LogP contribution in [0.25, 0.3) is 0 Å². The summed E-state index contributed by atoms with van der Waals surface area (Å²) in [5.41, 5.74) is -0.0703. The van der Waals surface area contributed by atoms with Crippen LogP contribution in [0.1, 0.15) is 40.0 Å². The molecule has 0 aromatic carbocycles. The van der Waals surface area contributed by atoms with Crippen LogP contribution in [0, 0.1) is 0 Å². The molecule has 0 aliphatic carbocycles. The molecule has 0 aromatic rings. The lowest BCUT2D eigenvalue weighted by molar-refractivity contribution is 0.292. The van der Waals surface area contributed by atoms with E-state index in [1.807, 2.05) is 13.8 Å². The van der Waals surface area contributed by atoms with Crippen molar-refractivity contribution in [2.24, 2.45) is 5.84 Å². The second-order valence-electron chi connectivity index (χ2n) is 3.36. The van der Waals surface area contributed by atoms with Gasteiger partial charge in [0.15, 0.2) is 0 Å². The number of rotatable bonds is 7. The molecular formula is C8H21N2O2P. The van der Waals surface area contributed by atoms with Gasteiger partial charge in [0.25, 0.3) is 7.52 Å². The molecule has 0 rings (SSSR count). The normalized spacial score (nSPS) is 16.1. The molecule has 0 aliphatic heterocycles. The molecule has 5 heteroatoms. The third-order valence-corrected chi connectivity index (χ3v) is 4.18. The molecule has 0 heterocycles. The Kier molecular flexibility index (Phi) is 6.60. The van der Waals surface area contributed by atoms with Gasteiger partial charge in [0.2, 0.25) is 0 Å². The Bertz CT molecular complexity index is 174. The number of hydrogen-bond acceptors (Lipinski definition) is 3. The minimum Gasteiger partial charge on any atom is -0.317 e. The standard InChI is InChI=1S/C8H21N2O2P/c1-4-5-6-7-12-13(11,10-9)8(2)3/h8H,4-7,9H2,1-3H3,(H,10,11). The van der Waals surface area contributed by atoms with E-state index in [1.54, 1.807) is 0 Å². The zero-order valence-electron chi connectivity index (χ0n) is 8.75. The van der Waals surface area contributed by atoms with Gasteiger partial charge in [-0.05, 0) is 6.42 Å². The van der Waals surface area contributed by atoms with Gasteiger partial charge in [-0.15, -0.1) is 0 Å². The zero-order chi connectivity index (χ0) is 10.3. The average Bonchev–Trinajstić information content (AvgIpc) is 2.12. The summed E-state index contributed by atoms with van der Waals surface area (Å²) in [6, 6.07) is 0. The molecule has 0 spiro atoms. The lowest BCUT2D eigenvalue weighted by Gasteiger charge is -2.20. The summed E-state index contributed by atoms with van der Waals surface area (Å²) in [4.78, 5) is 0. The Hall–Kier alpha value is 0.110. The van der Waals surface area contributed by atoms with E-state index < -0.39 is 7.52 Å². The topological polar surface area (TPSA) is 64.3 Å². The van der Waals surface area contributed by atoms with Crippen molar-refractivity contribution in [3.05, 3.63) is 0 Å². The van der Waals surface area contributed by atoms with Crippen molar-refractivity contribution in [3.63, 3.8) is 0 Å². The van der Waals surface area contributed by atoms with Gasteiger partial charge in [-0.1, -0.05) is 33.6 Å². The lowest BCUT2D eigenvalue weighted by Crippen LogP contribution is -2.25. The van der Waals surface area contributed by atoms with Crippen LogP contribution in [0.2, 0.25) is 0 Å². The average molecular weight is 208 g/mol. The predicted octanol–water partition coefficient (Wildman–Crippen LogP) is 2.26. The molecule has 4 nitrogen and oxygen atoms in total. The first kappa shape index (κ1) is 13.1. The maximum Gasteiger partial charge on any atom is 0.285 e. The molecule has 1 unspecified atom stereocenters. The van der Waals surface area contributed by atoms with Crippen LogP contribution in [-0.2, 0) is 9.09 Å². The van der Waals surface area contributed by atoms with Crippen LogP contribution in [0.4, 0.5) is 0 Å². The number of nitrogens with one attached hydrogen (secondary N) is 1. The smallest absolute Gasteiger partial charge is 0.285 e. The Balaban J connectivity index is 3.78. The van der Waals surface area contributed by atoms with Gasteiger partial charge in [0.1, 0.15) is 0 Å². The number of unbranched alkanes of at least 4 members (excludes halogenated alkanes) is 2. The molecule has 80 valence electrons. The molecule has 0 radical (unpaired) electrons. The fourth-order valence-electron chi connectivity index (χ4n) is 0.888. The van der Waals surface area contributed by atoms with Crippen LogP contribution < -0.4 is 11.0 Å². The molecule has 0 bridgehead atoms. The third-order valence-electron chi connectivity index (χ3n) is 1.89. The summed E-state index contributed by atoms with van der Waals surface area (Å²) >= 11 is 0. The summed E-state index contributed by atoms with van der Waals surface area (Å²) in [6.45, 7) is 6.30. The minimum atomic E-state index is -2.78. The molecule has 0 amide bonds. The van der Waals surface area contributed by atoms with Crippen LogP contribution in [0.5, 0.6) is 0 Å². The molecule has 0 aliphatic rings. The SMILES string of the molecule is CCCCCOP(=O)(NN)C(C)C. The van der Waals surface area contributed by atoms with E-state index in [0.717, 1.165) is 19.3 Å². The van der Waals surface area contributed by atoms with Crippen molar-refractivity contribution in [3.8, 4) is 0 Å². The summed E-state index contributed by atoms with van der Waals surface area (Å²) in [6.07, 6.45) is 3.17. The van der Waals surface area contributed by atoms with Gasteiger partial charge in [-0.2, -0.15) is 5.20 Å². The Morgan fingerprint density at radius 2 is 2.08 bits per heavy atom. The van der Waals surface area contributed by atoms with E-state index in [-0.39, 0.29) is 5.66 Å². The molecular weight excluding hydrogens is 187 g/mol. The second-order valence-corrected chi connectivity index (χ2v) is 6.10. The highest BCUT2D eigenvalue weighted by Crippen LogP contribution is 2.46. The zero-order valence-corrected chi connectivity index (χ0v) is 9.64. The molecule has 0 aromatic heterocycles. The molecule has 0 saturated heterocycles. The van der Waals surface area contributed by atoms with Crippen molar-refractivity contribution < 1.29 is 9.09 Å². The summed E-state index contributed by atoms with van der Waals surface area (Å²) in [7, 11) is -2.78. The maximum absolute atomic E-state index is 11.8. The van der Waals surface area contributed by atoms with E-state index in [9.17, 15) is 4.57 Å². The Morgan fingerprint density at radius 3 is 2.46 bits per heavy atom. The lowest BCUT2D eigenvalue weighted by atomic mass is 10.3. The van der Waals surface area contributed by atoms with Gasteiger partial charge >= 0.3 is 0 Å². The van der Waals surface area contributed by atoms with Crippen molar-refractivity contribution in [1.29, 1.82) is 0 Å². The minimum absolute atomic E-state index is 0.0703. The summed E-state index contributed by atoms with van der Waals surface area (Å²) < 4.78 is 17.0. The summed E-state index contributed by atoms with van der Waals surface area (Å²) in [5.74, 6) is 5.18. The van der Waals surface area contributed by atoms with E-state index >= 15 is 0 Å². The molecule has 3 N–H and O–H groups in total. The first-order chi connectivity index (χ1) is 6.06. The van der Waals surface area contributed by atoms with Crippen LogP contribution >= 0.6 is 7.52 Å². The van der Waals surface area contributed by atoms with E-state index in [1.165, 1.54) is 0 Å². The highest BCUT2D eigenvalue weighted by Gasteiger charge is 2.25. The predicted molar refractivity (Wildman–Crippen MR) is 55.5 cm³/mol. The first-order valence-electron chi connectivity index (χ1n) is 4.79. The van der Waals surface area contributed by atoms with Crippen LogP contribution in [0.15, 0.2) is 0 Å². The van der Waals surface area contributed by atoms with Crippen LogP contribution in [-0.4, -0.2) is 12.3 Å². The highest BCUT2D eigenvalue weighted by molar-refractivity contribution is 7.57. The van der Waals surface area contributed by atoms with Crippen molar-refractivity contribution in [2.45, 2.75) is 45.7 Å². The molecule has 0 saturated carbocycles. The maximum atomic E-state index is 11.8. The summed E-state index contributed by atoms with van der Waals surface area (Å²) in [5, 5.41) is 2.29. The number of hydrazine groups is 1. The van der Waals surface area contributed by atoms with Gasteiger partial charge in [0.05, 0.1) is 6.61 Å². The highest BCUT2D eigenvalue weighted by atomic mass is 31.2. The first-order valence-corrected chi connectivity index (χ1v) is 6.48. The molecule has 0 fully saturated rings. The van der Waals surface area contributed by atoms with Gasteiger partial charge < -0.3 is 4.52 Å². The van der Waals surface area contributed by atoms with Gasteiger partial charge in [-0.3, -0.25) is 10.4 Å². The van der Waals surface area contributed by atoms with E-state index in [2.05, 4.69) is 12.1 Å². The second kappa shape index (κ2) is 6.55. The van der Waals surface area contributed by atoms with Gasteiger partial charge in [-0.25, -0.2) is 0 Å². The quantitative estimate of drug-likeness (QED) is 0.291. The van der Waals surface area contributed by atoms with Gasteiger partial charge in [0, 0.05) is 5.66 Å². The largest absolute Gasteiger partial charge is 0.317 e. The van der Waals surface area contributed by atoms with Crippen molar-refractivity contribution in [1.82, 2.24) is 5.20 Å².